The predicted molar refractivity (Wildman–Crippen MR) is 110 cm³/mol. The maximum atomic E-state index is 12.7. The van der Waals surface area contributed by atoms with Crippen LogP contribution in [0.1, 0.15) is 27.5 Å². The van der Waals surface area contributed by atoms with Crippen LogP contribution in [-0.2, 0) is 0 Å². The molecule has 0 saturated heterocycles. The van der Waals surface area contributed by atoms with Crippen molar-refractivity contribution in [1.29, 1.82) is 0 Å². The number of nitro groups is 1. The van der Waals surface area contributed by atoms with Crippen molar-refractivity contribution in [1.82, 2.24) is 5.32 Å². The SMILES string of the molecule is CN(C)c1ccc(C(NC(=O)c2ccccc2)c2cccc([N+](=O)[O-])c2)cc1. The first-order chi connectivity index (χ1) is 13.5. The van der Waals surface area contributed by atoms with E-state index < -0.39 is 11.0 Å². The highest BCUT2D eigenvalue weighted by molar-refractivity contribution is 5.94. The molecule has 3 rings (SSSR count). The number of anilines is 1. The zero-order valence-corrected chi connectivity index (χ0v) is 15.7. The third-order valence-electron chi connectivity index (χ3n) is 4.47. The number of nitrogens with one attached hydrogen (secondary N) is 1. The lowest BCUT2D eigenvalue weighted by Crippen LogP contribution is -2.29. The highest BCUT2D eigenvalue weighted by Gasteiger charge is 2.20. The van der Waals surface area contributed by atoms with Gasteiger partial charge in [0, 0.05) is 37.5 Å². The van der Waals surface area contributed by atoms with Gasteiger partial charge in [-0.2, -0.15) is 0 Å². The van der Waals surface area contributed by atoms with E-state index in [-0.39, 0.29) is 11.6 Å². The lowest BCUT2D eigenvalue weighted by molar-refractivity contribution is -0.384. The van der Waals surface area contributed by atoms with Crippen molar-refractivity contribution in [2.75, 3.05) is 19.0 Å². The van der Waals surface area contributed by atoms with E-state index in [0.29, 0.717) is 11.1 Å². The number of amides is 1. The first-order valence-corrected chi connectivity index (χ1v) is 8.83. The number of hydrogen-bond donors (Lipinski definition) is 1. The maximum absolute atomic E-state index is 12.7. The molecule has 3 aromatic rings. The molecule has 0 saturated carbocycles. The van der Waals surface area contributed by atoms with Crippen LogP contribution in [0.15, 0.2) is 78.9 Å². The highest BCUT2D eigenvalue weighted by atomic mass is 16.6. The van der Waals surface area contributed by atoms with Crippen LogP contribution >= 0.6 is 0 Å². The molecule has 28 heavy (non-hydrogen) atoms. The van der Waals surface area contributed by atoms with Crippen molar-refractivity contribution >= 4 is 17.3 Å². The number of rotatable bonds is 6. The average molecular weight is 375 g/mol. The zero-order chi connectivity index (χ0) is 20.1. The molecule has 0 aliphatic heterocycles. The molecule has 0 aromatic heterocycles. The van der Waals surface area contributed by atoms with Gasteiger partial charge in [-0.3, -0.25) is 14.9 Å². The van der Waals surface area contributed by atoms with Gasteiger partial charge in [0.2, 0.25) is 0 Å². The summed E-state index contributed by atoms with van der Waals surface area (Å²) in [5.74, 6) is -0.242. The van der Waals surface area contributed by atoms with Crippen molar-refractivity contribution in [3.63, 3.8) is 0 Å². The van der Waals surface area contributed by atoms with Crippen molar-refractivity contribution in [2.24, 2.45) is 0 Å². The monoisotopic (exact) mass is 375 g/mol. The molecule has 1 N–H and O–H groups in total. The summed E-state index contributed by atoms with van der Waals surface area (Å²) in [6.45, 7) is 0. The number of non-ortho nitro benzene ring substituents is 1. The van der Waals surface area contributed by atoms with Gasteiger partial charge in [-0.1, -0.05) is 42.5 Å². The van der Waals surface area contributed by atoms with E-state index in [1.807, 2.05) is 49.3 Å². The first kappa shape index (κ1) is 19.1. The topological polar surface area (TPSA) is 75.5 Å². The summed E-state index contributed by atoms with van der Waals surface area (Å²) in [5.41, 5.74) is 3.03. The van der Waals surface area contributed by atoms with E-state index >= 15 is 0 Å². The zero-order valence-electron chi connectivity index (χ0n) is 15.7. The number of carbonyl (C=O) groups excluding carboxylic acids is 1. The Morgan fingerprint density at radius 1 is 0.929 bits per heavy atom. The van der Waals surface area contributed by atoms with Crippen LogP contribution in [0.3, 0.4) is 0 Å². The molecule has 0 aliphatic carbocycles. The molecule has 0 bridgehead atoms. The van der Waals surface area contributed by atoms with E-state index in [2.05, 4.69) is 5.32 Å². The normalized spacial score (nSPS) is 11.5. The molecular weight excluding hydrogens is 354 g/mol. The lowest BCUT2D eigenvalue weighted by atomic mass is 9.97. The quantitative estimate of drug-likeness (QED) is 0.518. The van der Waals surface area contributed by atoms with Gasteiger partial charge < -0.3 is 10.2 Å². The molecule has 0 fully saturated rings. The Labute approximate surface area is 163 Å². The van der Waals surface area contributed by atoms with E-state index in [4.69, 9.17) is 0 Å². The molecule has 0 heterocycles. The minimum Gasteiger partial charge on any atom is -0.378 e. The van der Waals surface area contributed by atoms with Crippen molar-refractivity contribution < 1.29 is 9.72 Å². The number of carbonyl (C=O) groups is 1. The second-order valence-electron chi connectivity index (χ2n) is 6.61. The molecule has 0 radical (unpaired) electrons. The van der Waals surface area contributed by atoms with Crippen LogP contribution in [0.2, 0.25) is 0 Å². The Morgan fingerprint density at radius 2 is 1.61 bits per heavy atom. The highest BCUT2D eigenvalue weighted by Crippen LogP contribution is 2.27. The van der Waals surface area contributed by atoms with Gasteiger partial charge in [0.05, 0.1) is 11.0 Å². The van der Waals surface area contributed by atoms with E-state index in [1.165, 1.54) is 12.1 Å². The lowest BCUT2D eigenvalue weighted by Gasteiger charge is -2.21. The molecular formula is C22H21N3O3. The van der Waals surface area contributed by atoms with Crippen LogP contribution in [-0.4, -0.2) is 24.9 Å². The molecule has 142 valence electrons. The molecule has 1 unspecified atom stereocenters. The minimum atomic E-state index is -0.510. The van der Waals surface area contributed by atoms with E-state index in [9.17, 15) is 14.9 Å². The van der Waals surface area contributed by atoms with Gasteiger partial charge in [0.25, 0.3) is 11.6 Å². The molecule has 1 atom stereocenters. The summed E-state index contributed by atoms with van der Waals surface area (Å²) in [7, 11) is 3.90. The summed E-state index contributed by atoms with van der Waals surface area (Å²) in [6.07, 6.45) is 0. The first-order valence-electron chi connectivity index (χ1n) is 8.83. The summed E-state index contributed by atoms with van der Waals surface area (Å²) < 4.78 is 0. The number of benzene rings is 3. The molecule has 3 aromatic carbocycles. The Morgan fingerprint density at radius 3 is 2.21 bits per heavy atom. The van der Waals surface area contributed by atoms with Crippen LogP contribution in [0, 0.1) is 10.1 Å². The third-order valence-corrected chi connectivity index (χ3v) is 4.47. The minimum absolute atomic E-state index is 0.0126. The van der Waals surface area contributed by atoms with E-state index in [1.54, 1.807) is 36.4 Å². The standard InChI is InChI=1S/C22H21N3O3/c1-24(2)19-13-11-16(12-14-19)21(18-9-6-10-20(15-18)25(27)28)23-22(26)17-7-4-3-5-8-17/h3-15,21H,1-2H3,(H,23,26). The van der Waals surface area contributed by atoms with Crippen molar-refractivity contribution in [3.8, 4) is 0 Å². The number of nitrogens with zero attached hydrogens (tertiary/aromatic N) is 2. The van der Waals surface area contributed by atoms with Crippen molar-refractivity contribution in [3.05, 3.63) is 106 Å². The van der Waals surface area contributed by atoms with Crippen LogP contribution in [0.4, 0.5) is 11.4 Å². The van der Waals surface area contributed by atoms with Crippen LogP contribution < -0.4 is 10.2 Å². The third kappa shape index (κ3) is 4.35. The maximum Gasteiger partial charge on any atom is 0.269 e. The van der Waals surface area contributed by atoms with Gasteiger partial charge >= 0.3 is 0 Å². The van der Waals surface area contributed by atoms with Gasteiger partial charge in [0.1, 0.15) is 0 Å². The second kappa shape index (κ2) is 8.35. The predicted octanol–water partition coefficient (Wildman–Crippen LogP) is 4.18. The van der Waals surface area contributed by atoms with Gasteiger partial charge in [-0.25, -0.2) is 0 Å². The van der Waals surface area contributed by atoms with Gasteiger partial charge in [0.15, 0.2) is 0 Å². The average Bonchev–Trinajstić information content (AvgIpc) is 2.72. The Bertz CT molecular complexity index is 970. The van der Waals surface area contributed by atoms with Gasteiger partial charge in [-0.15, -0.1) is 0 Å². The Kier molecular flexibility index (Phi) is 5.69. The Balaban J connectivity index is 1.99. The summed E-state index contributed by atoms with van der Waals surface area (Å²) in [4.78, 5) is 25.5. The summed E-state index contributed by atoms with van der Waals surface area (Å²) in [5, 5.41) is 14.2. The number of hydrogen-bond acceptors (Lipinski definition) is 4. The van der Waals surface area contributed by atoms with Crippen LogP contribution in [0.5, 0.6) is 0 Å². The van der Waals surface area contributed by atoms with Crippen LogP contribution in [0.25, 0.3) is 0 Å². The fraction of sp³-hybridized carbons (Fsp3) is 0.136. The summed E-state index contributed by atoms with van der Waals surface area (Å²) >= 11 is 0. The molecule has 0 spiro atoms. The number of nitro benzene ring substituents is 1. The molecule has 6 heteroatoms. The summed E-state index contributed by atoms with van der Waals surface area (Å²) in [6, 6.07) is 22.5. The fourth-order valence-corrected chi connectivity index (χ4v) is 2.95. The van der Waals surface area contributed by atoms with E-state index in [0.717, 1.165) is 11.3 Å². The largest absolute Gasteiger partial charge is 0.378 e. The smallest absolute Gasteiger partial charge is 0.269 e. The van der Waals surface area contributed by atoms with Gasteiger partial charge in [-0.05, 0) is 35.4 Å². The second-order valence-corrected chi connectivity index (χ2v) is 6.61. The molecule has 6 nitrogen and oxygen atoms in total. The fourth-order valence-electron chi connectivity index (χ4n) is 2.95. The van der Waals surface area contributed by atoms with Crippen molar-refractivity contribution in [2.45, 2.75) is 6.04 Å². The molecule has 1 amide bonds. The Hall–Kier alpha value is -3.67. The molecule has 0 aliphatic rings.